The number of rotatable bonds is 3. The molecule has 1 saturated heterocycles. The minimum Gasteiger partial charge on any atom is -0.465 e. The van der Waals surface area contributed by atoms with Gasteiger partial charge in [-0.1, -0.05) is 13.3 Å². The highest BCUT2D eigenvalue weighted by molar-refractivity contribution is 5.66. The lowest BCUT2D eigenvalue weighted by atomic mass is 9.91. The van der Waals surface area contributed by atoms with Gasteiger partial charge in [-0.2, -0.15) is 0 Å². The van der Waals surface area contributed by atoms with Gasteiger partial charge in [0, 0.05) is 13.1 Å². The van der Waals surface area contributed by atoms with Gasteiger partial charge in [-0.25, -0.2) is 4.79 Å². The smallest absolute Gasteiger partial charge is 0.407 e. The Hall–Kier alpha value is -0.770. The van der Waals surface area contributed by atoms with Crippen LogP contribution in [-0.4, -0.2) is 34.7 Å². The van der Waals surface area contributed by atoms with Crippen molar-refractivity contribution in [2.45, 2.75) is 38.1 Å². The molecule has 0 saturated carbocycles. The van der Waals surface area contributed by atoms with E-state index in [1.165, 1.54) is 4.90 Å². The van der Waals surface area contributed by atoms with Gasteiger partial charge in [-0.3, -0.25) is 0 Å². The molecular formula is C9H18N2O2. The number of nitrogens with zero attached hydrogens (tertiary/aromatic N) is 1. The number of hydrogen-bond donors (Lipinski definition) is 2. The van der Waals surface area contributed by atoms with Crippen molar-refractivity contribution in [1.82, 2.24) is 4.90 Å². The van der Waals surface area contributed by atoms with E-state index in [0.717, 1.165) is 25.7 Å². The molecule has 1 aliphatic rings. The summed E-state index contributed by atoms with van der Waals surface area (Å²) in [6.45, 7) is 3.16. The van der Waals surface area contributed by atoms with E-state index in [1.54, 1.807) is 0 Å². The average molecular weight is 186 g/mol. The van der Waals surface area contributed by atoms with Gasteiger partial charge in [0.1, 0.15) is 0 Å². The SMILES string of the molecule is CCCC1(CN)CCCN1C(=O)O. The number of carbonyl (C=O) groups is 1. The molecule has 13 heavy (non-hydrogen) atoms. The minimum atomic E-state index is -0.823. The van der Waals surface area contributed by atoms with Crippen molar-refractivity contribution >= 4 is 6.09 Å². The monoisotopic (exact) mass is 186 g/mol. The molecule has 1 unspecified atom stereocenters. The van der Waals surface area contributed by atoms with Crippen LogP contribution in [0.1, 0.15) is 32.6 Å². The number of amides is 1. The standard InChI is InChI=1S/C9H18N2O2/c1-2-4-9(7-10)5-3-6-11(9)8(12)13/h2-7,10H2,1H3,(H,12,13). The molecule has 1 rings (SSSR count). The molecule has 0 spiro atoms. The maximum Gasteiger partial charge on any atom is 0.407 e. The van der Waals surface area contributed by atoms with Crippen LogP contribution in [0, 0.1) is 0 Å². The van der Waals surface area contributed by atoms with Crippen LogP contribution in [0.3, 0.4) is 0 Å². The second-order valence-corrected chi connectivity index (χ2v) is 3.72. The predicted octanol–water partition coefficient (Wildman–Crippen LogP) is 1.26. The highest BCUT2D eigenvalue weighted by Gasteiger charge is 2.41. The summed E-state index contributed by atoms with van der Waals surface area (Å²) in [5.74, 6) is 0. The summed E-state index contributed by atoms with van der Waals surface area (Å²) >= 11 is 0. The number of hydrogen-bond acceptors (Lipinski definition) is 2. The van der Waals surface area contributed by atoms with Crippen LogP contribution < -0.4 is 5.73 Å². The van der Waals surface area contributed by atoms with Crippen LogP contribution >= 0.6 is 0 Å². The maximum absolute atomic E-state index is 10.9. The van der Waals surface area contributed by atoms with E-state index >= 15 is 0 Å². The lowest BCUT2D eigenvalue weighted by molar-refractivity contribution is 0.100. The van der Waals surface area contributed by atoms with E-state index in [0.29, 0.717) is 13.1 Å². The van der Waals surface area contributed by atoms with E-state index < -0.39 is 6.09 Å². The minimum absolute atomic E-state index is 0.263. The Balaban J connectivity index is 2.76. The molecule has 1 amide bonds. The van der Waals surface area contributed by atoms with Crippen LogP contribution in [0.5, 0.6) is 0 Å². The van der Waals surface area contributed by atoms with Gasteiger partial charge in [0.05, 0.1) is 5.54 Å². The molecule has 1 aliphatic heterocycles. The zero-order valence-electron chi connectivity index (χ0n) is 8.12. The predicted molar refractivity (Wildman–Crippen MR) is 50.7 cm³/mol. The van der Waals surface area contributed by atoms with E-state index in [1.807, 2.05) is 0 Å². The van der Waals surface area contributed by atoms with Crippen molar-refractivity contribution in [3.8, 4) is 0 Å². The van der Waals surface area contributed by atoms with Gasteiger partial charge in [0.15, 0.2) is 0 Å². The summed E-state index contributed by atoms with van der Waals surface area (Å²) in [4.78, 5) is 12.4. The van der Waals surface area contributed by atoms with Crippen LogP contribution in [-0.2, 0) is 0 Å². The fourth-order valence-corrected chi connectivity index (χ4v) is 2.28. The molecule has 0 aromatic carbocycles. The first-order chi connectivity index (χ1) is 6.16. The molecule has 0 radical (unpaired) electrons. The molecule has 0 aromatic rings. The quantitative estimate of drug-likeness (QED) is 0.697. The highest BCUT2D eigenvalue weighted by atomic mass is 16.4. The summed E-state index contributed by atoms with van der Waals surface area (Å²) in [7, 11) is 0. The third kappa shape index (κ3) is 1.77. The average Bonchev–Trinajstić information content (AvgIpc) is 2.50. The molecule has 1 heterocycles. The summed E-state index contributed by atoms with van der Waals surface area (Å²) < 4.78 is 0. The molecule has 4 nitrogen and oxygen atoms in total. The lowest BCUT2D eigenvalue weighted by Crippen LogP contribution is -2.51. The fourth-order valence-electron chi connectivity index (χ4n) is 2.28. The molecule has 4 heteroatoms. The molecule has 0 aromatic heterocycles. The molecule has 3 N–H and O–H groups in total. The summed E-state index contributed by atoms with van der Waals surface area (Å²) in [6.07, 6.45) is 2.92. The van der Waals surface area contributed by atoms with E-state index in [9.17, 15) is 4.79 Å². The number of likely N-dealkylation sites (tertiary alicyclic amines) is 1. The molecule has 0 aliphatic carbocycles. The van der Waals surface area contributed by atoms with Crippen molar-refractivity contribution in [1.29, 1.82) is 0 Å². The largest absolute Gasteiger partial charge is 0.465 e. The zero-order valence-corrected chi connectivity index (χ0v) is 8.12. The first-order valence-corrected chi connectivity index (χ1v) is 4.87. The van der Waals surface area contributed by atoms with Crippen LogP contribution in [0.25, 0.3) is 0 Å². The molecule has 76 valence electrons. The fraction of sp³-hybridized carbons (Fsp3) is 0.889. The van der Waals surface area contributed by atoms with Crippen molar-refractivity contribution in [2.75, 3.05) is 13.1 Å². The van der Waals surface area contributed by atoms with E-state index in [4.69, 9.17) is 10.8 Å². The van der Waals surface area contributed by atoms with E-state index in [-0.39, 0.29) is 5.54 Å². The van der Waals surface area contributed by atoms with Gasteiger partial charge < -0.3 is 15.7 Å². The summed E-state index contributed by atoms with van der Waals surface area (Å²) in [5.41, 5.74) is 5.41. The lowest BCUT2D eigenvalue weighted by Gasteiger charge is -2.35. The highest BCUT2D eigenvalue weighted by Crippen LogP contribution is 2.32. The first kappa shape index (κ1) is 10.3. The maximum atomic E-state index is 10.9. The second-order valence-electron chi connectivity index (χ2n) is 3.72. The van der Waals surface area contributed by atoms with E-state index in [2.05, 4.69) is 6.92 Å². The third-order valence-electron chi connectivity index (χ3n) is 2.92. The van der Waals surface area contributed by atoms with Gasteiger partial charge in [0.25, 0.3) is 0 Å². The summed E-state index contributed by atoms with van der Waals surface area (Å²) in [5, 5.41) is 8.98. The molecule has 1 fully saturated rings. The first-order valence-electron chi connectivity index (χ1n) is 4.87. The molecule has 1 atom stereocenters. The Labute approximate surface area is 78.7 Å². The Kier molecular flexibility index (Phi) is 3.14. The number of carboxylic acid groups (broad SMARTS) is 1. The van der Waals surface area contributed by atoms with Gasteiger partial charge in [-0.05, 0) is 19.3 Å². The topological polar surface area (TPSA) is 66.6 Å². The van der Waals surface area contributed by atoms with Crippen LogP contribution in [0.2, 0.25) is 0 Å². The van der Waals surface area contributed by atoms with Crippen molar-refractivity contribution in [3.05, 3.63) is 0 Å². The van der Waals surface area contributed by atoms with Crippen molar-refractivity contribution in [2.24, 2.45) is 5.73 Å². The zero-order chi connectivity index (χ0) is 9.90. The van der Waals surface area contributed by atoms with Gasteiger partial charge in [-0.15, -0.1) is 0 Å². The molecular weight excluding hydrogens is 168 g/mol. The van der Waals surface area contributed by atoms with Crippen molar-refractivity contribution < 1.29 is 9.90 Å². The summed E-state index contributed by atoms with van der Waals surface area (Å²) in [6, 6.07) is 0. The number of nitrogens with two attached hydrogens (primary N) is 1. The van der Waals surface area contributed by atoms with Crippen molar-refractivity contribution in [3.63, 3.8) is 0 Å². The third-order valence-corrected chi connectivity index (χ3v) is 2.92. The Morgan fingerprint density at radius 2 is 2.38 bits per heavy atom. The Bertz CT molecular complexity index is 196. The van der Waals surface area contributed by atoms with Crippen LogP contribution in [0.15, 0.2) is 0 Å². The van der Waals surface area contributed by atoms with Gasteiger partial charge in [0.2, 0.25) is 0 Å². The van der Waals surface area contributed by atoms with Crippen LogP contribution in [0.4, 0.5) is 4.79 Å². The normalized spacial score (nSPS) is 28.0. The Morgan fingerprint density at radius 1 is 1.69 bits per heavy atom. The van der Waals surface area contributed by atoms with Gasteiger partial charge >= 0.3 is 6.09 Å². The second kappa shape index (κ2) is 3.96. The Morgan fingerprint density at radius 3 is 2.85 bits per heavy atom. The molecule has 0 bridgehead atoms.